The normalized spacial score (nSPS) is 19.9. The van der Waals surface area contributed by atoms with Gasteiger partial charge in [0.15, 0.2) is 0 Å². The summed E-state index contributed by atoms with van der Waals surface area (Å²) in [6.45, 7) is 11.6. The van der Waals surface area contributed by atoms with E-state index in [1.165, 1.54) is 18.4 Å². The molecule has 3 amide bonds. The van der Waals surface area contributed by atoms with Gasteiger partial charge in [-0.15, -0.1) is 0 Å². The number of nitrogens with one attached hydrogen (secondary N) is 2. The van der Waals surface area contributed by atoms with E-state index in [0.29, 0.717) is 60.4 Å². The van der Waals surface area contributed by atoms with Gasteiger partial charge in [-0.25, -0.2) is 4.98 Å². The third-order valence-electron chi connectivity index (χ3n) is 14.5. The Morgan fingerprint density at radius 3 is 2.34 bits per heavy atom. The van der Waals surface area contributed by atoms with Gasteiger partial charge >= 0.3 is 0 Å². The maximum Gasteiger partial charge on any atom is 0.255 e. The molecule has 4 aliphatic rings. The molecule has 64 heavy (non-hydrogen) atoms. The zero-order valence-electron chi connectivity index (χ0n) is 39.1. The van der Waals surface area contributed by atoms with E-state index in [1.807, 2.05) is 47.9 Å². The number of unbranched alkanes of at least 4 members (excludes halogenated alkanes) is 2. The summed E-state index contributed by atoms with van der Waals surface area (Å²) in [5.74, 6) is 1.60. The van der Waals surface area contributed by atoms with Crippen molar-refractivity contribution in [1.29, 1.82) is 0 Å². The average Bonchev–Trinajstić information content (AvgIpc) is 3.86. The summed E-state index contributed by atoms with van der Waals surface area (Å²) in [5, 5.41) is 7.81. The molecular formula is C53H75N7O4. The van der Waals surface area contributed by atoms with Gasteiger partial charge in [-0.3, -0.25) is 29.1 Å². The number of allylic oxidation sites excluding steroid dienone is 2. The number of benzene rings is 2. The van der Waals surface area contributed by atoms with Crippen molar-refractivity contribution in [3.8, 4) is 5.75 Å². The zero-order chi connectivity index (χ0) is 44.7. The lowest BCUT2D eigenvalue weighted by Crippen LogP contribution is -2.60. The smallest absolute Gasteiger partial charge is 0.255 e. The fourth-order valence-corrected chi connectivity index (χ4v) is 10.7. The van der Waals surface area contributed by atoms with Gasteiger partial charge in [-0.05, 0) is 108 Å². The number of pyridine rings is 1. The second kappa shape index (κ2) is 23.6. The first-order valence-corrected chi connectivity index (χ1v) is 24.8. The molecule has 7 rings (SSSR count). The van der Waals surface area contributed by atoms with Gasteiger partial charge in [0.25, 0.3) is 5.91 Å². The first kappa shape index (κ1) is 47.4. The van der Waals surface area contributed by atoms with Gasteiger partial charge < -0.3 is 20.3 Å². The number of carbonyl (C=O) groups is 3. The number of nitrogens with zero attached hydrogens (tertiary/aromatic N) is 5. The molecule has 11 heteroatoms. The van der Waals surface area contributed by atoms with E-state index in [0.717, 1.165) is 122 Å². The van der Waals surface area contributed by atoms with Crippen LogP contribution >= 0.6 is 0 Å². The number of amides is 3. The van der Waals surface area contributed by atoms with Crippen molar-refractivity contribution in [2.45, 2.75) is 134 Å². The molecule has 2 N–H and O–H groups in total. The minimum absolute atomic E-state index is 0.00378. The molecule has 2 saturated heterocycles. The lowest BCUT2D eigenvalue weighted by atomic mass is 9.85. The Morgan fingerprint density at radius 2 is 1.64 bits per heavy atom. The third kappa shape index (κ3) is 12.2. The summed E-state index contributed by atoms with van der Waals surface area (Å²) in [6, 6.07) is 18.7. The van der Waals surface area contributed by atoms with Gasteiger partial charge in [0.2, 0.25) is 11.8 Å². The Morgan fingerprint density at radius 1 is 0.875 bits per heavy atom. The molecule has 3 aromatic rings. The number of para-hydroxylation sites is 1. The maximum absolute atomic E-state index is 15.5. The Hall–Kier alpha value is -4.58. The highest BCUT2D eigenvalue weighted by Gasteiger charge is 2.44. The van der Waals surface area contributed by atoms with Gasteiger partial charge in [0.1, 0.15) is 17.1 Å². The van der Waals surface area contributed by atoms with E-state index in [4.69, 9.17) is 9.72 Å². The van der Waals surface area contributed by atoms with Crippen LogP contribution in [0.15, 0.2) is 78.9 Å². The SMILES string of the molecule is CCN(CC)C(=O)CCCCCN(CC1(N(C(=O)CCC2CCCC2)c2nc3c(OC)cccc3cc2C(=O)NC2CCN(Cc3ccccc3)CC2)C=CC=CC1)C1CCNCC1. The molecule has 3 heterocycles. The van der Waals surface area contributed by atoms with Crippen molar-refractivity contribution >= 4 is 34.4 Å². The molecule has 2 aromatic carbocycles. The minimum Gasteiger partial charge on any atom is -0.494 e. The van der Waals surface area contributed by atoms with Crippen LogP contribution in [-0.4, -0.2) is 114 Å². The van der Waals surface area contributed by atoms with E-state index < -0.39 is 5.54 Å². The zero-order valence-corrected chi connectivity index (χ0v) is 39.1. The monoisotopic (exact) mass is 874 g/mol. The van der Waals surface area contributed by atoms with Crippen LogP contribution in [0.4, 0.5) is 5.82 Å². The molecule has 11 nitrogen and oxygen atoms in total. The van der Waals surface area contributed by atoms with Crippen molar-refractivity contribution in [3.63, 3.8) is 0 Å². The van der Waals surface area contributed by atoms with Gasteiger partial charge in [-0.2, -0.15) is 0 Å². The fourth-order valence-electron chi connectivity index (χ4n) is 10.7. The highest BCUT2D eigenvalue weighted by molar-refractivity contribution is 6.08. The van der Waals surface area contributed by atoms with Crippen molar-refractivity contribution in [3.05, 3.63) is 90.0 Å². The van der Waals surface area contributed by atoms with Crippen LogP contribution in [0.5, 0.6) is 5.75 Å². The number of anilines is 1. The first-order valence-electron chi connectivity index (χ1n) is 24.8. The van der Waals surface area contributed by atoms with Crippen LogP contribution in [0.25, 0.3) is 10.9 Å². The summed E-state index contributed by atoms with van der Waals surface area (Å²) in [4.78, 5) is 57.7. The van der Waals surface area contributed by atoms with E-state index in [-0.39, 0.29) is 23.8 Å². The van der Waals surface area contributed by atoms with Crippen molar-refractivity contribution in [1.82, 2.24) is 30.3 Å². The quantitative estimate of drug-likeness (QED) is 0.102. The molecule has 1 atom stereocenters. The molecule has 2 aliphatic heterocycles. The molecule has 1 aromatic heterocycles. The number of hydrogen-bond donors (Lipinski definition) is 2. The molecule has 1 unspecified atom stereocenters. The summed E-state index contributed by atoms with van der Waals surface area (Å²) in [6.07, 6.45) is 22.2. The Balaban J connectivity index is 1.22. The van der Waals surface area contributed by atoms with Crippen molar-refractivity contribution in [2.75, 3.05) is 64.4 Å². The Kier molecular flexibility index (Phi) is 17.4. The highest BCUT2D eigenvalue weighted by atomic mass is 16.5. The lowest BCUT2D eigenvalue weighted by molar-refractivity contribution is -0.131. The number of ether oxygens (including phenoxy) is 1. The number of carbonyl (C=O) groups excluding carboxylic acids is 3. The largest absolute Gasteiger partial charge is 0.494 e. The number of piperidine rings is 2. The summed E-state index contributed by atoms with van der Waals surface area (Å²) in [7, 11) is 1.65. The second-order valence-corrected chi connectivity index (χ2v) is 18.7. The average molecular weight is 874 g/mol. The molecule has 2 aliphatic carbocycles. The van der Waals surface area contributed by atoms with Crippen LogP contribution in [0, 0.1) is 5.92 Å². The summed E-state index contributed by atoms with van der Waals surface area (Å²) < 4.78 is 5.90. The Bertz CT molecular complexity index is 2030. The lowest BCUT2D eigenvalue weighted by Gasteiger charge is -2.47. The van der Waals surface area contributed by atoms with Gasteiger partial charge in [0, 0.05) is 69.6 Å². The van der Waals surface area contributed by atoms with Gasteiger partial charge in [-0.1, -0.05) is 98.9 Å². The van der Waals surface area contributed by atoms with Crippen LogP contribution in [-0.2, 0) is 16.1 Å². The van der Waals surface area contributed by atoms with Gasteiger partial charge in [0.05, 0.1) is 18.2 Å². The minimum atomic E-state index is -0.800. The topological polar surface area (TPSA) is 110 Å². The predicted octanol–water partition coefficient (Wildman–Crippen LogP) is 8.68. The molecule has 0 spiro atoms. The molecular weight excluding hydrogens is 799 g/mol. The number of aromatic nitrogens is 1. The fraction of sp³-hybridized carbons (Fsp3) is 0.585. The summed E-state index contributed by atoms with van der Waals surface area (Å²) in [5.41, 5.74) is 1.56. The number of rotatable bonds is 21. The first-order chi connectivity index (χ1) is 31.3. The van der Waals surface area contributed by atoms with Crippen LogP contribution < -0.4 is 20.3 Å². The van der Waals surface area contributed by atoms with E-state index in [2.05, 4.69) is 75.1 Å². The molecule has 0 bridgehead atoms. The second-order valence-electron chi connectivity index (χ2n) is 18.7. The van der Waals surface area contributed by atoms with E-state index >= 15 is 4.79 Å². The number of fused-ring (bicyclic) bond motifs is 1. The van der Waals surface area contributed by atoms with Crippen molar-refractivity contribution < 1.29 is 19.1 Å². The van der Waals surface area contributed by atoms with E-state index in [9.17, 15) is 9.59 Å². The number of methoxy groups -OCH3 is 1. The van der Waals surface area contributed by atoms with Crippen LogP contribution in [0.3, 0.4) is 0 Å². The highest BCUT2D eigenvalue weighted by Crippen LogP contribution is 2.39. The Labute approximate surface area is 383 Å². The molecule has 0 radical (unpaired) electrons. The van der Waals surface area contributed by atoms with E-state index in [1.54, 1.807) is 7.11 Å². The summed E-state index contributed by atoms with van der Waals surface area (Å²) >= 11 is 0. The number of likely N-dealkylation sites (tertiary alicyclic amines) is 1. The van der Waals surface area contributed by atoms with Crippen molar-refractivity contribution in [2.24, 2.45) is 5.92 Å². The number of hydrogen-bond acceptors (Lipinski definition) is 8. The molecule has 3 fully saturated rings. The predicted molar refractivity (Wildman–Crippen MR) is 259 cm³/mol. The standard InChI is InChI=1S/C53H75N7O4/c1-4-58(5-2)48(61)24-11-7-16-35-59(45-27-33-54-34-28-45)40-53(31-14-8-15-32-53)60(49(62)26-25-41-18-12-13-19-41)51-46(38-43-22-17-23-47(64-3)50(43)56-51)52(63)55-44-29-36-57(37-30-44)39-42-20-9-6-10-21-42/h6,8-10,14-15,17,20-23,31,38,41,44-45,54H,4-5,7,11-13,16,18-19,24-30,32-37,39-40H2,1-3H3,(H,55,63). The maximum atomic E-state index is 15.5. The third-order valence-corrected chi connectivity index (χ3v) is 14.5. The molecule has 346 valence electrons. The van der Waals surface area contributed by atoms with Crippen LogP contribution in [0.2, 0.25) is 0 Å². The molecule has 1 saturated carbocycles. The van der Waals surface area contributed by atoms with Crippen LogP contribution in [0.1, 0.15) is 126 Å².